The third-order valence-corrected chi connectivity index (χ3v) is 3.05. The Morgan fingerprint density at radius 2 is 1.83 bits per heavy atom. The van der Waals surface area contributed by atoms with Crippen LogP contribution in [0.25, 0.3) is 5.57 Å². The van der Waals surface area contributed by atoms with Gasteiger partial charge in [-0.05, 0) is 29.8 Å². The first kappa shape index (κ1) is 17.4. The van der Waals surface area contributed by atoms with Gasteiger partial charge in [0.2, 0.25) is 0 Å². The van der Waals surface area contributed by atoms with Gasteiger partial charge in [-0.1, -0.05) is 30.8 Å². The maximum absolute atomic E-state index is 12.4. The molecule has 0 aliphatic heterocycles. The van der Waals surface area contributed by atoms with Crippen LogP contribution in [0.4, 0.5) is 18.9 Å². The van der Waals surface area contributed by atoms with Crippen molar-refractivity contribution in [3.63, 3.8) is 0 Å². The summed E-state index contributed by atoms with van der Waals surface area (Å²) >= 11 is 0. The fourth-order valence-corrected chi connectivity index (χ4v) is 1.92. The monoisotopic (exact) mass is 337 g/mol. The summed E-state index contributed by atoms with van der Waals surface area (Å²) in [6, 6.07) is 11.9. The average molecular weight is 337 g/mol. The molecule has 0 aromatic heterocycles. The second-order valence-corrected chi connectivity index (χ2v) is 4.71. The predicted molar refractivity (Wildman–Crippen MR) is 83.8 cm³/mol. The second-order valence-electron chi connectivity index (χ2n) is 4.71. The number of alkyl halides is 3. The van der Waals surface area contributed by atoms with Gasteiger partial charge in [0, 0.05) is 5.57 Å². The first-order valence-electron chi connectivity index (χ1n) is 6.79. The van der Waals surface area contributed by atoms with E-state index in [1.165, 1.54) is 25.3 Å². The lowest BCUT2D eigenvalue weighted by molar-refractivity contribution is -0.274. The van der Waals surface area contributed by atoms with E-state index < -0.39 is 18.0 Å². The molecule has 2 aromatic rings. The molecule has 0 fully saturated rings. The number of ether oxygens (including phenoxy) is 2. The van der Waals surface area contributed by atoms with Gasteiger partial charge in [-0.3, -0.25) is 4.79 Å². The Bertz CT molecular complexity index is 757. The molecule has 0 radical (unpaired) electrons. The third-order valence-electron chi connectivity index (χ3n) is 3.05. The van der Waals surface area contributed by atoms with Crippen molar-refractivity contribution in [2.45, 2.75) is 6.36 Å². The van der Waals surface area contributed by atoms with E-state index in [1.807, 2.05) is 0 Å². The number of rotatable bonds is 5. The summed E-state index contributed by atoms with van der Waals surface area (Å²) in [6.45, 7) is 3.67. The van der Waals surface area contributed by atoms with Crippen LogP contribution >= 0.6 is 0 Å². The number of halogens is 3. The highest BCUT2D eigenvalue weighted by molar-refractivity contribution is 6.24. The zero-order valence-corrected chi connectivity index (χ0v) is 12.7. The minimum absolute atomic E-state index is 0.0794. The highest BCUT2D eigenvalue weighted by Crippen LogP contribution is 2.30. The van der Waals surface area contributed by atoms with Crippen LogP contribution in [0, 0.1) is 0 Å². The molecule has 0 aliphatic carbocycles. The van der Waals surface area contributed by atoms with Gasteiger partial charge in [0.25, 0.3) is 5.91 Å². The number of carbonyl (C=O) groups is 1. The Hall–Kier alpha value is -2.96. The first-order valence-corrected chi connectivity index (χ1v) is 6.79. The van der Waals surface area contributed by atoms with E-state index in [-0.39, 0.29) is 11.3 Å². The SMILES string of the molecule is C=C(C(=O)Nc1ccccc1OC(F)(F)F)c1cccc(OC)c1. The molecule has 0 heterocycles. The summed E-state index contributed by atoms with van der Waals surface area (Å²) in [5.74, 6) is -0.625. The Balaban J connectivity index is 2.19. The third kappa shape index (κ3) is 4.52. The summed E-state index contributed by atoms with van der Waals surface area (Å²) in [6.07, 6.45) is -4.86. The van der Waals surface area contributed by atoms with Crippen LogP contribution in [-0.2, 0) is 4.79 Å². The standard InChI is InChI=1S/C17H14F3NO3/c1-11(12-6-5-7-13(10-12)23-2)16(22)21-14-8-3-4-9-15(14)24-17(18,19)20/h3-10H,1H2,2H3,(H,21,22). The van der Waals surface area contributed by atoms with Crippen molar-refractivity contribution < 1.29 is 27.4 Å². The molecule has 0 saturated carbocycles. The number of amides is 1. The highest BCUT2D eigenvalue weighted by atomic mass is 19.4. The quantitative estimate of drug-likeness (QED) is 0.830. The van der Waals surface area contributed by atoms with Crippen molar-refractivity contribution in [2.75, 3.05) is 12.4 Å². The van der Waals surface area contributed by atoms with Crippen LogP contribution in [0.15, 0.2) is 55.1 Å². The van der Waals surface area contributed by atoms with Crippen molar-refractivity contribution in [3.8, 4) is 11.5 Å². The largest absolute Gasteiger partial charge is 0.573 e. The van der Waals surface area contributed by atoms with Gasteiger partial charge in [-0.2, -0.15) is 0 Å². The maximum Gasteiger partial charge on any atom is 0.573 e. The van der Waals surface area contributed by atoms with Gasteiger partial charge in [0.05, 0.1) is 12.8 Å². The van der Waals surface area contributed by atoms with E-state index in [9.17, 15) is 18.0 Å². The van der Waals surface area contributed by atoms with Gasteiger partial charge in [-0.25, -0.2) is 0 Å². The lowest BCUT2D eigenvalue weighted by Gasteiger charge is -2.14. The first-order chi connectivity index (χ1) is 11.3. The normalized spacial score (nSPS) is 10.8. The zero-order chi connectivity index (χ0) is 17.7. The fourth-order valence-electron chi connectivity index (χ4n) is 1.92. The molecule has 0 saturated heterocycles. The van der Waals surface area contributed by atoms with Crippen molar-refractivity contribution in [1.82, 2.24) is 0 Å². The number of carbonyl (C=O) groups excluding carboxylic acids is 1. The summed E-state index contributed by atoms with van der Waals surface area (Å²) in [4.78, 5) is 12.2. The minimum Gasteiger partial charge on any atom is -0.497 e. The van der Waals surface area contributed by atoms with E-state index in [2.05, 4.69) is 16.6 Å². The molecule has 0 spiro atoms. The lowest BCUT2D eigenvalue weighted by atomic mass is 10.1. The molecule has 4 nitrogen and oxygen atoms in total. The van der Waals surface area contributed by atoms with E-state index in [1.54, 1.807) is 24.3 Å². The molecule has 0 unspecified atom stereocenters. The van der Waals surface area contributed by atoms with Crippen LogP contribution in [0.1, 0.15) is 5.56 Å². The van der Waals surface area contributed by atoms with Crippen molar-refractivity contribution in [1.29, 1.82) is 0 Å². The second kappa shape index (κ2) is 7.08. The number of hydrogen-bond donors (Lipinski definition) is 1. The zero-order valence-electron chi connectivity index (χ0n) is 12.7. The summed E-state index contributed by atoms with van der Waals surface area (Å²) in [7, 11) is 1.48. The maximum atomic E-state index is 12.4. The van der Waals surface area contributed by atoms with E-state index in [4.69, 9.17) is 4.74 Å². The molecule has 1 N–H and O–H groups in total. The number of nitrogens with one attached hydrogen (secondary N) is 1. The molecule has 0 atom stereocenters. The van der Waals surface area contributed by atoms with Gasteiger partial charge in [-0.15, -0.1) is 13.2 Å². The van der Waals surface area contributed by atoms with Crippen molar-refractivity contribution >= 4 is 17.2 Å². The van der Waals surface area contributed by atoms with Crippen LogP contribution in [0.2, 0.25) is 0 Å². The highest BCUT2D eigenvalue weighted by Gasteiger charge is 2.32. The molecule has 2 rings (SSSR count). The average Bonchev–Trinajstić information content (AvgIpc) is 2.54. The molecule has 126 valence electrons. The molecule has 0 bridgehead atoms. The minimum atomic E-state index is -4.86. The topological polar surface area (TPSA) is 47.6 Å². The number of anilines is 1. The molecule has 1 amide bonds. The Morgan fingerprint density at radius 3 is 2.50 bits per heavy atom. The Kier molecular flexibility index (Phi) is 5.13. The smallest absolute Gasteiger partial charge is 0.497 e. The molecular formula is C17H14F3NO3. The lowest BCUT2D eigenvalue weighted by Crippen LogP contribution is -2.19. The summed E-state index contributed by atoms with van der Waals surface area (Å²) in [5, 5.41) is 2.36. The van der Waals surface area contributed by atoms with Gasteiger partial charge in [0.15, 0.2) is 5.75 Å². The number of hydrogen-bond acceptors (Lipinski definition) is 3. The van der Waals surface area contributed by atoms with Crippen LogP contribution in [-0.4, -0.2) is 19.4 Å². The van der Waals surface area contributed by atoms with Crippen molar-refractivity contribution in [2.24, 2.45) is 0 Å². The van der Waals surface area contributed by atoms with E-state index >= 15 is 0 Å². The van der Waals surface area contributed by atoms with Gasteiger partial charge < -0.3 is 14.8 Å². The van der Waals surface area contributed by atoms with Crippen LogP contribution in [0.3, 0.4) is 0 Å². The number of para-hydroxylation sites is 2. The molecule has 7 heteroatoms. The number of methoxy groups -OCH3 is 1. The van der Waals surface area contributed by atoms with Crippen LogP contribution < -0.4 is 14.8 Å². The van der Waals surface area contributed by atoms with Gasteiger partial charge >= 0.3 is 6.36 Å². The Morgan fingerprint density at radius 1 is 1.12 bits per heavy atom. The van der Waals surface area contributed by atoms with Crippen molar-refractivity contribution in [3.05, 3.63) is 60.7 Å². The molecule has 0 aliphatic rings. The molecular weight excluding hydrogens is 323 g/mol. The van der Waals surface area contributed by atoms with E-state index in [0.717, 1.165) is 6.07 Å². The predicted octanol–water partition coefficient (Wildman–Crippen LogP) is 4.25. The summed E-state index contributed by atoms with van der Waals surface area (Å²) in [5.41, 5.74) is 0.459. The molecule has 2 aromatic carbocycles. The summed E-state index contributed by atoms with van der Waals surface area (Å²) < 4.78 is 46.1. The van der Waals surface area contributed by atoms with Gasteiger partial charge in [0.1, 0.15) is 5.75 Å². The van der Waals surface area contributed by atoms with Crippen LogP contribution in [0.5, 0.6) is 11.5 Å². The van der Waals surface area contributed by atoms with E-state index in [0.29, 0.717) is 11.3 Å². The molecule has 24 heavy (non-hydrogen) atoms. The Labute approximate surface area is 136 Å². The number of benzene rings is 2. The fraction of sp³-hybridized carbons (Fsp3) is 0.118.